The highest BCUT2D eigenvalue weighted by molar-refractivity contribution is 5.98. The summed E-state index contributed by atoms with van der Waals surface area (Å²) >= 11 is 0. The lowest BCUT2D eigenvalue weighted by Crippen LogP contribution is -2.48. The van der Waals surface area contributed by atoms with Crippen LogP contribution >= 0.6 is 0 Å². The van der Waals surface area contributed by atoms with Crippen molar-refractivity contribution in [3.8, 4) is 0 Å². The van der Waals surface area contributed by atoms with Crippen LogP contribution < -0.4 is 11.5 Å². The molecule has 5 N–H and O–H groups in total. The Hall–Kier alpha value is -2.05. The summed E-state index contributed by atoms with van der Waals surface area (Å²) in [5, 5.41) is 6.79. The number of nitrogens with zero attached hydrogens (tertiary/aromatic N) is 2. The van der Waals surface area contributed by atoms with Crippen molar-refractivity contribution in [3.63, 3.8) is 0 Å². The number of nitrogens with one attached hydrogen (secondary N) is 1. The van der Waals surface area contributed by atoms with Crippen molar-refractivity contribution in [2.45, 2.75) is 39.2 Å². The van der Waals surface area contributed by atoms with Gasteiger partial charge in [0.25, 0.3) is 5.91 Å². The predicted molar refractivity (Wildman–Crippen MR) is 74.8 cm³/mol. The van der Waals surface area contributed by atoms with Gasteiger partial charge in [-0.1, -0.05) is 6.92 Å². The van der Waals surface area contributed by atoms with Gasteiger partial charge in [0.2, 0.25) is 5.91 Å². The third kappa shape index (κ3) is 2.48. The van der Waals surface area contributed by atoms with Gasteiger partial charge >= 0.3 is 0 Å². The maximum absolute atomic E-state index is 12.5. The summed E-state index contributed by atoms with van der Waals surface area (Å²) < 4.78 is 0. The number of carbonyl (C=O) groups is 2. The Bertz CT molecular complexity index is 525. The second-order valence-electron chi connectivity index (χ2n) is 5.30. The quantitative estimate of drug-likeness (QED) is 0.736. The van der Waals surface area contributed by atoms with E-state index in [-0.39, 0.29) is 29.5 Å². The highest BCUT2D eigenvalue weighted by Gasteiger charge is 2.33. The molecule has 0 aromatic carbocycles. The highest BCUT2D eigenvalue weighted by Crippen LogP contribution is 2.25. The number of hydrogen-bond donors (Lipinski definition) is 3. The van der Waals surface area contributed by atoms with E-state index < -0.39 is 0 Å². The Morgan fingerprint density at radius 1 is 1.45 bits per heavy atom. The topological polar surface area (TPSA) is 118 Å². The number of aryl methyl sites for hydroxylation is 1. The number of aromatic nitrogens is 2. The smallest absolute Gasteiger partial charge is 0.276 e. The van der Waals surface area contributed by atoms with Crippen LogP contribution in [0.1, 0.15) is 42.9 Å². The molecule has 2 atom stereocenters. The fourth-order valence-electron chi connectivity index (χ4n) is 2.58. The minimum absolute atomic E-state index is 0.0549. The van der Waals surface area contributed by atoms with Gasteiger partial charge in [-0.25, -0.2) is 0 Å². The van der Waals surface area contributed by atoms with Crippen LogP contribution in [0.25, 0.3) is 0 Å². The van der Waals surface area contributed by atoms with Crippen LogP contribution in [0.2, 0.25) is 0 Å². The molecule has 1 saturated heterocycles. The summed E-state index contributed by atoms with van der Waals surface area (Å²) in [5.74, 6) is -0.892. The number of aromatic amines is 1. The number of anilines is 1. The number of primary amides is 1. The second kappa shape index (κ2) is 5.52. The molecule has 1 fully saturated rings. The number of rotatable bonds is 3. The van der Waals surface area contributed by atoms with E-state index in [0.717, 1.165) is 18.5 Å². The Morgan fingerprint density at radius 3 is 2.70 bits per heavy atom. The summed E-state index contributed by atoms with van der Waals surface area (Å²) in [5.41, 5.74) is 12.7. The number of amides is 2. The van der Waals surface area contributed by atoms with Crippen molar-refractivity contribution < 1.29 is 9.59 Å². The molecular formula is C13H21N5O2. The van der Waals surface area contributed by atoms with E-state index in [1.807, 2.05) is 13.8 Å². The van der Waals surface area contributed by atoms with Crippen molar-refractivity contribution in [2.75, 3.05) is 12.3 Å². The van der Waals surface area contributed by atoms with Crippen molar-refractivity contribution in [1.82, 2.24) is 15.1 Å². The third-order valence-corrected chi connectivity index (χ3v) is 3.98. The minimum Gasteiger partial charge on any atom is -0.395 e. The van der Waals surface area contributed by atoms with Gasteiger partial charge in [-0.2, -0.15) is 5.10 Å². The molecule has 1 aliphatic rings. The average Bonchev–Trinajstić information content (AvgIpc) is 2.79. The molecule has 110 valence electrons. The molecule has 1 aromatic rings. The van der Waals surface area contributed by atoms with Crippen LogP contribution in [0.4, 0.5) is 5.69 Å². The van der Waals surface area contributed by atoms with E-state index in [0.29, 0.717) is 18.7 Å². The number of piperidine rings is 1. The van der Waals surface area contributed by atoms with Gasteiger partial charge in [-0.15, -0.1) is 0 Å². The standard InChI is InChI=1S/C13H21N5O2/c1-3-9-10(14)11(17-16-9)13(20)18-6-8(12(15)19)5-4-7(18)2/h7-8H,3-6,14H2,1-2H3,(H2,15,19)(H,16,17). The molecule has 1 aromatic heterocycles. The second-order valence-corrected chi connectivity index (χ2v) is 5.30. The first-order valence-corrected chi connectivity index (χ1v) is 6.88. The van der Waals surface area contributed by atoms with E-state index in [1.165, 1.54) is 0 Å². The van der Waals surface area contributed by atoms with Gasteiger partial charge in [-0.3, -0.25) is 14.7 Å². The monoisotopic (exact) mass is 279 g/mol. The first-order chi connectivity index (χ1) is 9.45. The van der Waals surface area contributed by atoms with Gasteiger partial charge in [0.1, 0.15) is 0 Å². The summed E-state index contributed by atoms with van der Waals surface area (Å²) in [6.45, 7) is 4.23. The summed E-state index contributed by atoms with van der Waals surface area (Å²) in [4.78, 5) is 25.5. The molecule has 2 heterocycles. The fourth-order valence-corrected chi connectivity index (χ4v) is 2.58. The predicted octanol–water partition coefficient (Wildman–Crippen LogP) is 0.280. The fraction of sp³-hybridized carbons (Fsp3) is 0.615. The SMILES string of the molecule is CCc1[nH]nc(C(=O)N2CC(C(N)=O)CCC2C)c1N. The lowest BCUT2D eigenvalue weighted by Gasteiger charge is -2.36. The molecule has 2 unspecified atom stereocenters. The first-order valence-electron chi connectivity index (χ1n) is 6.88. The Balaban J connectivity index is 2.22. The molecule has 0 saturated carbocycles. The van der Waals surface area contributed by atoms with Crippen LogP contribution in [-0.4, -0.2) is 39.5 Å². The van der Waals surface area contributed by atoms with Gasteiger partial charge in [0, 0.05) is 12.6 Å². The number of hydrogen-bond acceptors (Lipinski definition) is 4. The van der Waals surface area contributed by atoms with E-state index in [2.05, 4.69) is 10.2 Å². The third-order valence-electron chi connectivity index (χ3n) is 3.98. The number of carbonyl (C=O) groups excluding carboxylic acids is 2. The minimum atomic E-state index is -0.362. The number of likely N-dealkylation sites (tertiary alicyclic amines) is 1. The van der Waals surface area contributed by atoms with Crippen molar-refractivity contribution in [1.29, 1.82) is 0 Å². The Labute approximate surface area is 117 Å². The van der Waals surface area contributed by atoms with Crippen LogP contribution in [0.3, 0.4) is 0 Å². The zero-order valence-corrected chi connectivity index (χ0v) is 11.8. The summed E-state index contributed by atoms with van der Waals surface area (Å²) in [7, 11) is 0. The number of nitrogen functional groups attached to an aromatic ring is 1. The van der Waals surface area contributed by atoms with Crippen LogP contribution in [-0.2, 0) is 11.2 Å². The van der Waals surface area contributed by atoms with Gasteiger partial charge < -0.3 is 16.4 Å². The highest BCUT2D eigenvalue weighted by atomic mass is 16.2. The summed E-state index contributed by atoms with van der Waals surface area (Å²) in [6.07, 6.45) is 2.16. The van der Waals surface area contributed by atoms with Crippen LogP contribution in [0, 0.1) is 5.92 Å². The zero-order chi connectivity index (χ0) is 14.9. The summed E-state index contributed by atoms with van der Waals surface area (Å²) in [6, 6.07) is 0.0549. The maximum Gasteiger partial charge on any atom is 0.276 e. The van der Waals surface area contributed by atoms with Gasteiger partial charge in [0.15, 0.2) is 5.69 Å². The molecule has 1 aliphatic heterocycles. The van der Waals surface area contributed by atoms with Crippen LogP contribution in [0.5, 0.6) is 0 Å². The molecule has 0 radical (unpaired) electrons. The van der Waals surface area contributed by atoms with E-state index in [9.17, 15) is 9.59 Å². The van der Waals surface area contributed by atoms with Gasteiger partial charge in [-0.05, 0) is 26.2 Å². The maximum atomic E-state index is 12.5. The zero-order valence-electron chi connectivity index (χ0n) is 11.8. The van der Waals surface area contributed by atoms with Crippen molar-refractivity contribution in [3.05, 3.63) is 11.4 Å². The molecular weight excluding hydrogens is 258 g/mol. The molecule has 2 amide bonds. The Kier molecular flexibility index (Phi) is 3.96. The van der Waals surface area contributed by atoms with E-state index >= 15 is 0 Å². The lowest BCUT2D eigenvalue weighted by molar-refractivity contribution is -0.123. The molecule has 0 aliphatic carbocycles. The number of nitrogens with two attached hydrogens (primary N) is 2. The first kappa shape index (κ1) is 14.4. The normalized spacial score (nSPS) is 22.8. The largest absolute Gasteiger partial charge is 0.395 e. The number of H-pyrrole nitrogens is 1. The molecule has 2 rings (SSSR count). The molecule has 7 nitrogen and oxygen atoms in total. The van der Waals surface area contributed by atoms with E-state index in [4.69, 9.17) is 11.5 Å². The van der Waals surface area contributed by atoms with Gasteiger partial charge in [0.05, 0.1) is 17.3 Å². The van der Waals surface area contributed by atoms with Crippen molar-refractivity contribution >= 4 is 17.5 Å². The molecule has 0 bridgehead atoms. The molecule has 0 spiro atoms. The van der Waals surface area contributed by atoms with Crippen molar-refractivity contribution in [2.24, 2.45) is 11.7 Å². The van der Waals surface area contributed by atoms with E-state index in [1.54, 1.807) is 4.90 Å². The average molecular weight is 279 g/mol. The Morgan fingerprint density at radius 2 is 2.15 bits per heavy atom. The molecule has 7 heteroatoms. The lowest BCUT2D eigenvalue weighted by atomic mass is 9.92. The molecule has 20 heavy (non-hydrogen) atoms. The van der Waals surface area contributed by atoms with Crippen LogP contribution in [0.15, 0.2) is 0 Å².